The summed E-state index contributed by atoms with van der Waals surface area (Å²) in [5.74, 6) is 0.825. The Bertz CT molecular complexity index is 624. The summed E-state index contributed by atoms with van der Waals surface area (Å²) in [5, 5.41) is 14.7. The third-order valence-corrected chi connectivity index (χ3v) is 9.53. The summed E-state index contributed by atoms with van der Waals surface area (Å²) < 4.78 is 0. The maximum atomic E-state index is 13.6. The highest BCUT2D eigenvalue weighted by Gasteiger charge is 2.64. The van der Waals surface area contributed by atoms with E-state index in [2.05, 4.69) is 17.1 Å². The van der Waals surface area contributed by atoms with E-state index in [4.69, 9.17) is 0 Å². The van der Waals surface area contributed by atoms with Crippen LogP contribution in [0.1, 0.15) is 96.8 Å². The minimum absolute atomic E-state index is 0.206. The third kappa shape index (κ3) is 3.05. The van der Waals surface area contributed by atoms with Crippen molar-refractivity contribution in [1.29, 1.82) is 0 Å². The highest BCUT2D eigenvalue weighted by Crippen LogP contribution is 2.67. The summed E-state index contributed by atoms with van der Waals surface area (Å²) in [6, 6.07) is 0. The van der Waals surface area contributed by atoms with Crippen LogP contribution < -0.4 is 5.32 Å². The van der Waals surface area contributed by atoms with Gasteiger partial charge in [0.1, 0.15) is 0 Å². The summed E-state index contributed by atoms with van der Waals surface area (Å²) in [5.41, 5.74) is -0.461. The van der Waals surface area contributed by atoms with E-state index in [1.807, 2.05) is 0 Å². The van der Waals surface area contributed by atoms with Gasteiger partial charge in [-0.1, -0.05) is 32.6 Å². The van der Waals surface area contributed by atoms with E-state index in [1.54, 1.807) is 0 Å². The van der Waals surface area contributed by atoms with Crippen LogP contribution in [0, 0.1) is 16.7 Å². The van der Waals surface area contributed by atoms with Crippen LogP contribution in [-0.2, 0) is 4.79 Å². The SMILES string of the molecule is CCC12CC3CC(O)(C1)CC(C(=O)NCC1(N4CCCCC4)CCCC1)(C3)C2. The lowest BCUT2D eigenvalue weighted by molar-refractivity contribution is -0.204. The Morgan fingerprint density at radius 2 is 1.75 bits per heavy atom. The Morgan fingerprint density at radius 1 is 1.00 bits per heavy atom. The Morgan fingerprint density at radius 3 is 2.43 bits per heavy atom. The van der Waals surface area contributed by atoms with Crippen molar-refractivity contribution in [3.63, 3.8) is 0 Å². The van der Waals surface area contributed by atoms with Crippen LogP contribution in [0.5, 0.6) is 0 Å². The first-order valence-electron chi connectivity index (χ1n) is 12.2. The largest absolute Gasteiger partial charge is 0.390 e. The Kier molecular flexibility index (Phi) is 4.63. The van der Waals surface area contributed by atoms with Crippen molar-refractivity contribution in [1.82, 2.24) is 10.2 Å². The van der Waals surface area contributed by atoms with Crippen LogP contribution in [0.4, 0.5) is 0 Å². The molecule has 1 saturated heterocycles. The Labute approximate surface area is 170 Å². The molecular weight excluding hydrogens is 348 g/mol. The van der Waals surface area contributed by atoms with E-state index < -0.39 is 5.60 Å². The lowest BCUT2D eigenvalue weighted by atomic mass is 9.42. The standard InChI is InChI=1S/C24H40N2O2/c1-2-21-12-19-13-22(15-21,17-24(28,14-19)16-21)20(27)25-18-23(8-4-5-9-23)26-10-6-3-7-11-26/h19,28H,2-18H2,1H3,(H,25,27). The van der Waals surface area contributed by atoms with Crippen molar-refractivity contribution in [3.05, 3.63) is 0 Å². The number of amides is 1. The van der Waals surface area contributed by atoms with Crippen molar-refractivity contribution in [2.45, 2.75) is 108 Å². The number of nitrogens with one attached hydrogen (secondary N) is 1. The van der Waals surface area contributed by atoms with Gasteiger partial charge < -0.3 is 10.4 Å². The molecule has 0 aromatic carbocycles. The molecule has 4 nitrogen and oxygen atoms in total. The minimum atomic E-state index is -0.579. The number of hydrogen-bond acceptors (Lipinski definition) is 3. The first-order valence-corrected chi connectivity index (χ1v) is 12.2. The average molecular weight is 389 g/mol. The molecule has 0 aromatic rings. The smallest absolute Gasteiger partial charge is 0.226 e. The van der Waals surface area contributed by atoms with Crippen LogP contribution in [0.3, 0.4) is 0 Å². The zero-order valence-electron chi connectivity index (χ0n) is 17.9. The summed E-state index contributed by atoms with van der Waals surface area (Å²) in [6.07, 6.45) is 16.0. The lowest BCUT2D eigenvalue weighted by Gasteiger charge is -2.64. The molecule has 2 N–H and O–H groups in total. The second-order valence-electron chi connectivity index (χ2n) is 11.5. The molecule has 0 spiro atoms. The van der Waals surface area contributed by atoms with Gasteiger partial charge in [-0.05, 0) is 88.6 Å². The molecular formula is C24H40N2O2. The van der Waals surface area contributed by atoms with Gasteiger partial charge in [0.2, 0.25) is 5.91 Å². The summed E-state index contributed by atoms with van der Waals surface area (Å²) in [6.45, 7) is 5.52. The number of nitrogens with zero attached hydrogens (tertiary/aromatic N) is 1. The predicted octanol–water partition coefficient (Wildman–Crippen LogP) is 4.01. The van der Waals surface area contributed by atoms with Crippen LogP contribution in [-0.4, -0.2) is 46.7 Å². The third-order valence-electron chi connectivity index (χ3n) is 9.53. The van der Waals surface area contributed by atoms with Crippen molar-refractivity contribution in [2.24, 2.45) is 16.7 Å². The zero-order chi connectivity index (χ0) is 19.5. The number of likely N-dealkylation sites (tertiary alicyclic amines) is 1. The van der Waals surface area contributed by atoms with Gasteiger partial charge in [-0.25, -0.2) is 0 Å². The predicted molar refractivity (Wildman–Crippen MR) is 111 cm³/mol. The van der Waals surface area contributed by atoms with Gasteiger partial charge in [-0.2, -0.15) is 0 Å². The fraction of sp³-hybridized carbons (Fsp3) is 0.958. The van der Waals surface area contributed by atoms with Crippen LogP contribution in [0.2, 0.25) is 0 Å². The second kappa shape index (κ2) is 6.70. The molecule has 5 aliphatic carbocycles. The van der Waals surface area contributed by atoms with E-state index >= 15 is 0 Å². The number of hydrogen-bond donors (Lipinski definition) is 2. The number of rotatable bonds is 5. The van der Waals surface area contributed by atoms with Gasteiger partial charge >= 0.3 is 0 Å². The second-order valence-corrected chi connectivity index (χ2v) is 11.5. The molecule has 6 fully saturated rings. The van der Waals surface area contributed by atoms with E-state index in [1.165, 1.54) is 64.5 Å². The minimum Gasteiger partial charge on any atom is -0.390 e. The monoisotopic (exact) mass is 388 g/mol. The molecule has 4 heteroatoms. The number of piperidine rings is 1. The normalized spacial score (nSPS) is 44.7. The van der Waals surface area contributed by atoms with Crippen LogP contribution in [0.25, 0.3) is 0 Å². The topological polar surface area (TPSA) is 52.6 Å². The number of aliphatic hydroxyl groups is 1. The quantitative estimate of drug-likeness (QED) is 0.748. The Hall–Kier alpha value is -0.610. The highest BCUT2D eigenvalue weighted by molar-refractivity contribution is 5.83. The fourth-order valence-electron chi connectivity index (χ4n) is 8.67. The number of carbonyl (C=O) groups is 1. The van der Waals surface area contributed by atoms with E-state index in [0.717, 1.165) is 38.6 Å². The summed E-state index contributed by atoms with van der Waals surface area (Å²) in [4.78, 5) is 16.4. The summed E-state index contributed by atoms with van der Waals surface area (Å²) >= 11 is 0. The van der Waals surface area contributed by atoms with Gasteiger partial charge in [0, 0.05) is 12.1 Å². The molecule has 4 atom stereocenters. The molecule has 4 bridgehead atoms. The zero-order valence-corrected chi connectivity index (χ0v) is 17.9. The van der Waals surface area contributed by atoms with Gasteiger partial charge in [-0.3, -0.25) is 9.69 Å². The van der Waals surface area contributed by atoms with Gasteiger partial charge in [0.05, 0.1) is 11.0 Å². The first-order chi connectivity index (χ1) is 13.4. The molecule has 0 radical (unpaired) electrons. The molecule has 1 amide bonds. The van der Waals surface area contributed by atoms with Crippen molar-refractivity contribution in [2.75, 3.05) is 19.6 Å². The molecule has 6 aliphatic rings. The molecule has 0 aromatic heterocycles. The molecule has 1 aliphatic heterocycles. The molecule has 4 unspecified atom stereocenters. The lowest BCUT2D eigenvalue weighted by Crippen LogP contribution is -2.65. The molecule has 158 valence electrons. The highest BCUT2D eigenvalue weighted by atomic mass is 16.3. The molecule has 28 heavy (non-hydrogen) atoms. The average Bonchev–Trinajstić information content (AvgIpc) is 3.15. The maximum Gasteiger partial charge on any atom is 0.226 e. The van der Waals surface area contributed by atoms with Crippen molar-refractivity contribution >= 4 is 5.91 Å². The fourth-order valence-corrected chi connectivity index (χ4v) is 8.67. The van der Waals surface area contributed by atoms with Gasteiger partial charge in [-0.15, -0.1) is 0 Å². The van der Waals surface area contributed by atoms with Crippen LogP contribution in [0.15, 0.2) is 0 Å². The molecule has 6 rings (SSSR count). The van der Waals surface area contributed by atoms with E-state index in [0.29, 0.717) is 12.3 Å². The maximum absolute atomic E-state index is 13.6. The molecule has 5 saturated carbocycles. The van der Waals surface area contributed by atoms with Gasteiger partial charge in [0.25, 0.3) is 0 Å². The Balaban J connectivity index is 1.32. The van der Waals surface area contributed by atoms with Crippen molar-refractivity contribution < 1.29 is 9.90 Å². The van der Waals surface area contributed by atoms with Crippen LogP contribution >= 0.6 is 0 Å². The van der Waals surface area contributed by atoms with Gasteiger partial charge in [0.15, 0.2) is 0 Å². The molecule has 1 heterocycles. The van der Waals surface area contributed by atoms with E-state index in [-0.39, 0.29) is 22.3 Å². The first kappa shape index (κ1) is 19.4. The van der Waals surface area contributed by atoms with E-state index in [9.17, 15) is 9.90 Å². The summed E-state index contributed by atoms with van der Waals surface area (Å²) in [7, 11) is 0. The van der Waals surface area contributed by atoms with Crippen molar-refractivity contribution in [3.8, 4) is 0 Å². The number of carbonyl (C=O) groups excluding carboxylic acids is 1.